The van der Waals surface area contributed by atoms with Gasteiger partial charge in [0.05, 0.1) is 0 Å². The fraction of sp³-hybridized carbons (Fsp3) is 0.400. The van der Waals surface area contributed by atoms with Gasteiger partial charge in [-0.3, -0.25) is 4.68 Å². The molecule has 0 aliphatic rings. The van der Waals surface area contributed by atoms with E-state index in [1.165, 1.54) is 11.4 Å². The zero-order valence-corrected chi connectivity index (χ0v) is 11.5. The molecule has 4 heteroatoms. The van der Waals surface area contributed by atoms with Crippen LogP contribution in [0.2, 0.25) is 0 Å². The first-order chi connectivity index (χ1) is 9.31. The lowest BCUT2D eigenvalue weighted by Gasteiger charge is -2.24. The normalized spacial score (nSPS) is 10.6. The first-order valence-corrected chi connectivity index (χ1v) is 6.78. The van der Waals surface area contributed by atoms with Crippen LogP contribution in [0.15, 0.2) is 42.6 Å². The van der Waals surface area contributed by atoms with Gasteiger partial charge in [-0.1, -0.05) is 18.2 Å². The summed E-state index contributed by atoms with van der Waals surface area (Å²) in [5, 5.41) is 4.21. The van der Waals surface area contributed by atoms with E-state index in [4.69, 9.17) is 5.73 Å². The fourth-order valence-corrected chi connectivity index (χ4v) is 2.19. The summed E-state index contributed by atoms with van der Waals surface area (Å²) in [6.07, 6.45) is 3.86. The van der Waals surface area contributed by atoms with E-state index in [-0.39, 0.29) is 0 Å². The molecule has 4 nitrogen and oxygen atoms in total. The maximum atomic E-state index is 5.63. The summed E-state index contributed by atoms with van der Waals surface area (Å²) in [6, 6.07) is 12.6. The minimum atomic E-state index is 0.731. The van der Waals surface area contributed by atoms with Crippen molar-refractivity contribution < 1.29 is 0 Å². The van der Waals surface area contributed by atoms with Crippen molar-refractivity contribution in [1.29, 1.82) is 0 Å². The zero-order chi connectivity index (χ0) is 13.5. The van der Waals surface area contributed by atoms with Crippen molar-refractivity contribution in [3.05, 3.63) is 48.3 Å². The van der Waals surface area contributed by atoms with Crippen LogP contribution in [0.25, 0.3) is 0 Å². The van der Waals surface area contributed by atoms with Crippen LogP contribution < -0.4 is 10.6 Å². The van der Waals surface area contributed by atoms with Gasteiger partial charge in [0.25, 0.3) is 0 Å². The van der Waals surface area contributed by atoms with Gasteiger partial charge in [0.2, 0.25) is 0 Å². The maximum absolute atomic E-state index is 5.63. The number of benzene rings is 1. The highest BCUT2D eigenvalue weighted by Gasteiger charge is 2.07. The molecule has 1 aromatic carbocycles. The molecule has 1 aromatic heterocycles. The number of anilines is 1. The highest BCUT2D eigenvalue weighted by molar-refractivity contribution is 5.46. The predicted molar refractivity (Wildman–Crippen MR) is 79.2 cm³/mol. The molecule has 2 aromatic rings. The smallest absolute Gasteiger partial charge is 0.0492 e. The minimum absolute atomic E-state index is 0.731. The third kappa shape index (κ3) is 3.83. The molecule has 0 amide bonds. The molecule has 0 aliphatic carbocycles. The molecule has 0 aliphatic heterocycles. The zero-order valence-electron chi connectivity index (χ0n) is 11.5. The molecule has 0 atom stereocenters. The fourth-order valence-electron chi connectivity index (χ4n) is 2.19. The molecular weight excluding hydrogens is 236 g/mol. The van der Waals surface area contributed by atoms with Crippen LogP contribution in [0, 0.1) is 0 Å². The predicted octanol–water partition coefficient (Wildman–Crippen LogP) is 1.82. The Hall–Kier alpha value is -1.81. The quantitative estimate of drug-likeness (QED) is 0.824. The summed E-state index contributed by atoms with van der Waals surface area (Å²) in [7, 11) is 1.99. The van der Waals surface area contributed by atoms with Gasteiger partial charge in [-0.15, -0.1) is 0 Å². The number of hydrogen-bond acceptors (Lipinski definition) is 3. The molecule has 2 N–H and O–H groups in total. The first kappa shape index (κ1) is 13.6. The second kappa shape index (κ2) is 6.95. The van der Waals surface area contributed by atoms with Crippen LogP contribution in [0.1, 0.15) is 12.1 Å². The second-order valence-corrected chi connectivity index (χ2v) is 4.66. The van der Waals surface area contributed by atoms with Crippen molar-refractivity contribution in [2.45, 2.75) is 12.8 Å². The van der Waals surface area contributed by atoms with E-state index in [2.05, 4.69) is 40.3 Å². The van der Waals surface area contributed by atoms with Gasteiger partial charge < -0.3 is 10.6 Å². The first-order valence-electron chi connectivity index (χ1n) is 6.78. The summed E-state index contributed by atoms with van der Waals surface area (Å²) in [4.78, 5) is 2.39. The van der Waals surface area contributed by atoms with Gasteiger partial charge in [-0.25, -0.2) is 0 Å². The number of nitrogens with two attached hydrogens (primary N) is 1. The number of aryl methyl sites for hydroxylation is 1. The van der Waals surface area contributed by atoms with Crippen LogP contribution >= 0.6 is 0 Å². The Morgan fingerprint density at radius 3 is 2.58 bits per heavy atom. The van der Waals surface area contributed by atoms with E-state index in [0.717, 1.165) is 32.5 Å². The van der Waals surface area contributed by atoms with Gasteiger partial charge in [0.15, 0.2) is 0 Å². The average Bonchev–Trinajstić information content (AvgIpc) is 2.85. The monoisotopic (exact) mass is 258 g/mol. The standard InChI is InChI=1S/C15H22N4/c1-18-14(8-11-17-18)9-13-19(12-5-10-16)15-6-3-2-4-7-15/h2-4,6-8,11H,5,9-10,12-13,16H2,1H3. The van der Waals surface area contributed by atoms with Gasteiger partial charge in [-0.05, 0) is 31.2 Å². The third-order valence-electron chi connectivity index (χ3n) is 3.31. The Balaban J connectivity index is 2.00. The van der Waals surface area contributed by atoms with E-state index in [1.54, 1.807) is 0 Å². The number of nitrogens with zero attached hydrogens (tertiary/aromatic N) is 3. The van der Waals surface area contributed by atoms with Crippen LogP contribution in [0.3, 0.4) is 0 Å². The lowest BCUT2D eigenvalue weighted by molar-refractivity contribution is 0.675. The van der Waals surface area contributed by atoms with Crippen molar-refractivity contribution in [3.8, 4) is 0 Å². The summed E-state index contributed by atoms with van der Waals surface area (Å²) >= 11 is 0. The lowest BCUT2D eigenvalue weighted by Crippen LogP contribution is -2.28. The largest absolute Gasteiger partial charge is 0.371 e. The van der Waals surface area contributed by atoms with E-state index >= 15 is 0 Å². The van der Waals surface area contributed by atoms with Gasteiger partial charge in [0, 0.05) is 44.1 Å². The lowest BCUT2D eigenvalue weighted by atomic mass is 10.2. The summed E-state index contributed by atoms with van der Waals surface area (Å²) in [6.45, 7) is 2.72. The summed E-state index contributed by atoms with van der Waals surface area (Å²) in [5.41, 5.74) is 8.15. The molecule has 19 heavy (non-hydrogen) atoms. The molecule has 102 valence electrons. The average molecular weight is 258 g/mol. The highest BCUT2D eigenvalue weighted by atomic mass is 15.3. The van der Waals surface area contributed by atoms with Gasteiger partial charge in [-0.2, -0.15) is 5.10 Å². The molecule has 0 saturated heterocycles. The van der Waals surface area contributed by atoms with Crippen LogP contribution in [0.4, 0.5) is 5.69 Å². The summed E-state index contributed by atoms with van der Waals surface area (Å²) < 4.78 is 1.94. The Kier molecular flexibility index (Phi) is 4.98. The van der Waals surface area contributed by atoms with E-state index in [9.17, 15) is 0 Å². The molecule has 0 unspecified atom stereocenters. The number of aromatic nitrogens is 2. The molecule has 0 radical (unpaired) electrons. The van der Waals surface area contributed by atoms with Crippen LogP contribution in [0.5, 0.6) is 0 Å². The highest BCUT2D eigenvalue weighted by Crippen LogP contribution is 2.14. The minimum Gasteiger partial charge on any atom is -0.371 e. The topological polar surface area (TPSA) is 47.1 Å². The van der Waals surface area contributed by atoms with E-state index < -0.39 is 0 Å². The Bertz CT molecular complexity index is 478. The number of para-hydroxylation sites is 1. The third-order valence-corrected chi connectivity index (χ3v) is 3.31. The van der Waals surface area contributed by atoms with Crippen LogP contribution in [-0.2, 0) is 13.5 Å². The number of hydrogen-bond donors (Lipinski definition) is 1. The van der Waals surface area contributed by atoms with Crippen molar-refractivity contribution in [3.63, 3.8) is 0 Å². The van der Waals surface area contributed by atoms with Crippen LogP contribution in [-0.4, -0.2) is 29.4 Å². The molecule has 0 fully saturated rings. The molecular formula is C15H22N4. The van der Waals surface area contributed by atoms with Crippen molar-refractivity contribution in [2.24, 2.45) is 12.8 Å². The Morgan fingerprint density at radius 2 is 1.95 bits per heavy atom. The molecule has 1 heterocycles. The van der Waals surface area contributed by atoms with Crippen molar-refractivity contribution in [1.82, 2.24) is 9.78 Å². The molecule has 0 saturated carbocycles. The molecule has 0 bridgehead atoms. The Labute approximate surface area is 114 Å². The second-order valence-electron chi connectivity index (χ2n) is 4.66. The van der Waals surface area contributed by atoms with Gasteiger partial charge >= 0.3 is 0 Å². The van der Waals surface area contributed by atoms with E-state index in [1.807, 2.05) is 24.0 Å². The van der Waals surface area contributed by atoms with Crippen molar-refractivity contribution in [2.75, 3.05) is 24.5 Å². The summed E-state index contributed by atoms with van der Waals surface area (Å²) in [5.74, 6) is 0. The van der Waals surface area contributed by atoms with E-state index in [0.29, 0.717) is 0 Å². The number of rotatable bonds is 7. The van der Waals surface area contributed by atoms with Gasteiger partial charge in [0.1, 0.15) is 0 Å². The maximum Gasteiger partial charge on any atom is 0.0492 e. The van der Waals surface area contributed by atoms with Crippen molar-refractivity contribution >= 4 is 5.69 Å². The SMILES string of the molecule is Cn1nccc1CCN(CCCN)c1ccccc1. The Morgan fingerprint density at radius 1 is 1.16 bits per heavy atom. The molecule has 2 rings (SSSR count). The molecule has 0 spiro atoms.